The fourth-order valence-corrected chi connectivity index (χ4v) is 2.72. The summed E-state index contributed by atoms with van der Waals surface area (Å²) in [6.07, 6.45) is 2.53. The summed E-state index contributed by atoms with van der Waals surface area (Å²) in [5.74, 6) is 0.572. The molecule has 0 saturated heterocycles. The molecule has 0 spiro atoms. The van der Waals surface area contributed by atoms with Crippen LogP contribution in [-0.2, 0) is 6.42 Å². The number of aromatic nitrogens is 2. The van der Waals surface area contributed by atoms with Gasteiger partial charge in [-0.2, -0.15) is 0 Å². The number of rotatable bonds is 5. The Morgan fingerprint density at radius 2 is 2.32 bits per heavy atom. The lowest BCUT2D eigenvalue weighted by atomic mass is 10.2. The van der Waals surface area contributed by atoms with E-state index in [2.05, 4.69) is 39.7 Å². The van der Waals surface area contributed by atoms with Gasteiger partial charge in [-0.25, -0.2) is 9.97 Å². The van der Waals surface area contributed by atoms with Crippen molar-refractivity contribution in [2.45, 2.75) is 33.2 Å². The van der Waals surface area contributed by atoms with Gasteiger partial charge in [0.25, 0.3) is 0 Å². The van der Waals surface area contributed by atoms with Crippen molar-refractivity contribution >= 4 is 23.1 Å². The van der Waals surface area contributed by atoms with Crippen LogP contribution in [0.2, 0.25) is 0 Å². The normalized spacial score (nSPS) is 12.2. The Morgan fingerprint density at radius 3 is 2.89 bits per heavy atom. The third kappa shape index (κ3) is 3.61. The summed E-state index contributed by atoms with van der Waals surface area (Å²) in [6.45, 7) is 5.45. The second-order valence-corrected chi connectivity index (χ2v) is 5.61. The predicted octanol–water partition coefficient (Wildman–Crippen LogP) is 3.09. The van der Waals surface area contributed by atoms with Gasteiger partial charge in [-0.3, -0.25) is 4.79 Å². The molecule has 0 aliphatic rings. The Morgan fingerprint density at radius 1 is 1.53 bits per heavy atom. The molecule has 0 aliphatic heterocycles. The van der Waals surface area contributed by atoms with E-state index in [1.165, 1.54) is 11.8 Å². The van der Waals surface area contributed by atoms with Crippen LogP contribution >= 0.6 is 11.3 Å². The van der Waals surface area contributed by atoms with Gasteiger partial charge in [0.1, 0.15) is 0 Å². The van der Waals surface area contributed by atoms with Crippen LogP contribution in [0.5, 0.6) is 0 Å². The highest BCUT2D eigenvalue weighted by atomic mass is 32.1. The standard InChI is InChI=1S/C14H17N3OS/c1-9(7-12-5-4-6-19-12)16-14-15-8-13(11(3)18)10(2)17-14/h4-6,8-9H,7H2,1-3H3,(H,15,16,17). The van der Waals surface area contributed by atoms with Crippen LogP contribution in [0, 0.1) is 6.92 Å². The average Bonchev–Trinajstić information content (AvgIpc) is 2.81. The number of nitrogens with zero attached hydrogens (tertiary/aromatic N) is 2. The molecule has 2 heterocycles. The highest BCUT2D eigenvalue weighted by Crippen LogP contribution is 2.14. The second-order valence-electron chi connectivity index (χ2n) is 4.58. The van der Waals surface area contributed by atoms with Gasteiger partial charge in [-0.05, 0) is 32.2 Å². The van der Waals surface area contributed by atoms with E-state index in [9.17, 15) is 4.79 Å². The first-order valence-electron chi connectivity index (χ1n) is 6.19. The first-order chi connectivity index (χ1) is 9.06. The molecule has 0 fully saturated rings. The number of carbonyl (C=O) groups is 1. The molecule has 2 aromatic rings. The van der Waals surface area contributed by atoms with Gasteiger partial charge >= 0.3 is 0 Å². The summed E-state index contributed by atoms with van der Waals surface area (Å²) in [6, 6.07) is 4.42. The van der Waals surface area contributed by atoms with Crippen LogP contribution in [0.25, 0.3) is 0 Å². The smallest absolute Gasteiger partial charge is 0.223 e. The van der Waals surface area contributed by atoms with E-state index >= 15 is 0 Å². The minimum atomic E-state index is -0.00400. The average molecular weight is 275 g/mol. The van der Waals surface area contributed by atoms with Crippen LogP contribution in [-0.4, -0.2) is 21.8 Å². The molecule has 0 saturated carbocycles. The monoisotopic (exact) mass is 275 g/mol. The number of Topliss-reactive ketones (excluding diaryl/α,β-unsaturated/α-hetero) is 1. The first kappa shape index (κ1) is 13.7. The van der Waals surface area contributed by atoms with Crippen molar-refractivity contribution in [2.24, 2.45) is 0 Å². The Hall–Kier alpha value is -1.75. The summed E-state index contributed by atoms with van der Waals surface area (Å²) < 4.78 is 0. The van der Waals surface area contributed by atoms with Crippen molar-refractivity contribution in [3.63, 3.8) is 0 Å². The number of carbonyl (C=O) groups excluding carboxylic acids is 1. The Labute approximate surface area is 116 Å². The fourth-order valence-electron chi connectivity index (χ4n) is 1.88. The Kier molecular flexibility index (Phi) is 4.27. The first-order valence-corrected chi connectivity index (χ1v) is 7.07. The SMILES string of the molecule is CC(=O)c1cnc(NC(C)Cc2cccs2)nc1C. The van der Waals surface area contributed by atoms with Gasteiger partial charge in [0, 0.05) is 23.5 Å². The number of ketones is 1. The van der Waals surface area contributed by atoms with E-state index in [1.807, 2.05) is 6.92 Å². The molecule has 1 unspecified atom stereocenters. The van der Waals surface area contributed by atoms with Crippen molar-refractivity contribution in [3.05, 3.63) is 39.8 Å². The molecule has 1 N–H and O–H groups in total. The quantitative estimate of drug-likeness (QED) is 0.852. The van der Waals surface area contributed by atoms with Gasteiger partial charge in [0.2, 0.25) is 5.95 Å². The predicted molar refractivity (Wildman–Crippen MR) is 77.9 cm³/mol. The van der Waals surface area contributed by atoms with Crippen molar-refractivity contribution in [1.82, 2.24) is 9.97 Å². The molecule has 0 amide bonds. The number of hydrogen-bond acceptors (Lipinski definition) is 5. The zero-order valence-corrected chi connectivity index (χ0v) is 12.1. The van der Waals surface area contributed by atoms with E-state index in [4.69, 9.17) is 0 Å². The molecule has 0 bridgehead atoms. The topological polar surface area (TPSA) is 54.9 Å². The molecule has 2 aromatic heterocycles. The molecular formula is C14H17N3OS. The summed E-state index contributed by atoms with van der Waals surface area (Å²) in [4.78, 5) is 21.2. The maximum atomic E-state index is 11.3. The lowest BCUT2D eigenvalue weighted by Crippen LogP contribution is -2.20. The molecule has 0 radical (unpaired) electrons. The zero-order valence-electron chi connectivity index (χ0n) is 11.3. The Bertz CT molecular complexity index is 566. The Balaban J connectivity index is 2.03. The number of nitrogens with one attached hydrogen (secondary N) is 1. The van der Waals surface area contributed by atoms with Crippen LogP contribution in [0.15, 0.2) is 23.7 Å². The lowest BCUT2D eigenvalue weighted by molar-refractivity contribution is 0.101. The number of hydrogen-bond donors (Lipinski definition) is 1. The van der Waals surface area contributed by atoms with Crippen LogP contribution < -0.4 is 5.32 Å². The summed E-state index contributed by atoms with van der Waals surface area (Å²) in [5.41, 5.74) is 1.30. The van der Waals surface area contributed by atoms with Crippen LogP contribution in [0.3, 0.4) is 0 Å². The minimum absolute atomic E-state index is 0.00400. The second kappa shape index (κ2) is 5.93. The van der Waals surface area contributed by atoms with Crippen LogP contribution in [0.4, 0.5) is 5.95 Å². The molecule has 0 aliphatic carbocycles. The molecule has 100 valence electrons. The molecule has 0 aromatic carbocycles. The minimum Gasteiger partial charge on any atom is -0.351 e. The largest absolute Gasteiger partial charge is 0.351 e. The molecule has 19 heavy (non-hydrogen) atoms. The van der Waals surface area contributed by atoms with Gasteiger partial charge in [0.15, 0.2) is 5.78 Å². The highest BCUT2D eigenvalue weighted by Gasteiger charge is 2.10. The summed E-state index contributed by atoms with van der Waals surface area (Å²) >= 11 is 1.75. The van der Waals surface area contributed by atoms with Crippen molar-refractivity contribution < 1.29 is 4.79 Å². The fraction of sp³-hybridized carbons (Fsp3) is 0.357. The van der Waals surface area contributed by atoms with E-state index < -0.39 is 0 Å². The molecule has 5 heteroatoms. The third-order valence-electron chi connectivity index (χ3n) is 2.82. The lowest BCUT2D eigenvalue weighted by Gasteiger charge is -2.13. The molecule has 4 nitrogen and oxygen atoms in total. The molecule has 2 rings (SSSR count). The number of thiophene rings is 1. The van der Waals surface area contributed by atoms with E-state index in [0.29, 0.717) is 17.2 Å². The van der Waals surface area contributed by atoms with Crippen LogP contribution in [0.1, 0.15) is 34.8 Å². The number of anilines is 1. The maximum Gasteiger partial charge on any atom is 0.223 e. The third-order valence-corrected chi connectivity index (χ3v) is 3.72. The van der Waals surface area contributed by atoms with Gasteiger partial charge in [-0.15, -0.1) is 11.3 Å². The van der Waals surface area contributed by atoms with Gasteiger partial charge in [0.05, 0.1) is 11.3 Å². The number of aryl methyl sites for hydroxylation is 1. The molecule has 1 atom stereocenters. The summed E-state index contributed by atoms with van der Waals surface area (Å²) in [7, 11) is 0. The summed E-state index contributed by atoms with van der Waals surface area (Å²) in [5, 5.41) is 5.33. The molecular weight excluding hydrogens is 258 g/mol. The van der Waals surface area contributed by atoms with Crippen molar-refractivity contribution in [3.8, 4) is 0 Å². The van der Waals surface area contributed by atoms with Gasteiger partial charge < -0.3 is 5.32 Å². The van der Waals surface area contributed by atoms with Crippen molar-refractivity contribution in [1.29, 1.82) is 0 Å². The highest BCUT2D eigenvalue weighted by molar-refractivity contribution is 7.09. The van der Waals surface area contributed by atoms with Crippen molar-refractivity contribution in [2.75, 3.05) is 5.32 Å². The zero-order chi connectivity index (χ0) is 13.8. The van der Waals surface area contributed by atoms with E-state index in [1.54, 1.807) is 17.5 Å². The van der Waals surface area contributed by atoms with Gasteiger partial charge in [-0.1, -0.05) is 6.07 Å². The van der Waals surface area contributed by atoms with E-state index in [0.717, 1.165) is 6.42 Å². The van der Waals surface area contributed by atoms with E-state index in [-0.39, 0.29) is 11.8 Å². The maximum absolute atomic E-state index is 11.3.